The van der Waals surface area contributed by atoms with Crippen molar-refractivity contribution in [1.82, 2.24) is 0 Å². The highest BCUT2D eigenvalue weighted by Gasteiger charge is 2.19. The minimum absolute atomic E-state index is 0.101. The quantitative estimate of drug-likeness (QED) is 0.0262. The van der Waals surface area contributed by atoms with Crippen LogP contribution in [0.4, 0.5) is 0 Å². The van der Waals surface area contributed by atoms with Gasteiger partial charge in [-0.05, 0) is 89.9 Å². The van der Waals surface area contributed by atoms with Crippen LogP contribution in [0.2, 0.25) is 0 Å². The summed E-state index contributed by atoms with van der Waals surface area (Å²) in [4.78, 5) is 38.0. The van der Waals surface area contributed by atoms with E-state index in [4.69, 9.17) is 14.2 Å². The molecule has 0 aliphatic rings. The van der Waals surface area contributed by atoms with Crippen molar-refractivity contribution >= 4 is 17.9 Å². The van der Waals surface area contributed by atoms with Gasteiger partial charge in [-0.1, -0.05) is 240 Å². The predicted molar refractivity (Wildman–Crippen MR) is 288 cm³/mol. The highest BCUT2D eigenvalue weighted by Crippen LogP contribution is 2.15. The Morgan fingerprint density at radius 2 is 0.612 bits per heavy atom. The molecule has 0 aromatic heterocycles. The van der Waals surface area contributed by atoms with Crippen molar-refractivity contribution in [1.29, 1.82) is 0 Å². The summed E-state index contributed by atoms with van der Waals surface area (Å²) in [5, 5.41) is 0. The summed E-state index contributed by atoms with van der Waals surface area (Å²) in [7, 11) is 0. The number of ether oxygens (including phenoxy) is 3. The first-order chi connectivity index (χ1) is 33.0. The van der Waals surface area contributed by atoms with Crippen LogP contribution in [0, 0.1) is 0 Å². The zero-order chi connectivity index (χ0) is 48.6. The summed E-state index contributed by atoms with van der Waals surface area (Å²) < 4.78 is 16.8. The SMILES string of the molecule is CC/C=C\C/C=C\C/C=C\C/C=C\C/C=C\C/C=C\CCC(=O)OC[C@@H](COC(=O)CCCCCCCCCCCCC)OC(=O)CCCCCCCCCCC/C=C\C/C=C\CCCCC. The van der Waals surface area contributed by atoms with E-state index >= 15 is 0 Å². The first-order valence-electron chi connectivity index (χ1n) is 27.7. The average Bonchev–Trinajstić information content (AvgIpc) is 3.33. The van der Waals surface area contributed by atoms with Gasteiger partial charge in [0.1, 0.15) is 13.2 Å². The van der Waals surface area contributed by atoms with Crippen LogP contribution < -0.4 is 0 Å². The lowest BCUT2D eigenvalue weighted by molar-refractivity contribution is -0.166. The first kappa shape index (κ1) is 63.3. The Labute approximate surface area is 413 Å². The van der Waals surface area contributed by atoms with E-state index in [-0.39, 0.29) is 37.5 Å². The van der Waals surface area contributed by atoms with Crippen molar-refractivity contribution < 1.29 is 28.6 Å². The van der Waals surface area contributed by atoms with Crippen LogP contribution in [0.1, 0.15) is 252 Å². The lowest BCUT2D eigenvalue weighted by Crippen LogP contribution is -2.30. The lowest BCUT2D eigenvalue weighted by atomic mass is 10.1. The van der Waals surface area contributed by atoms with Crippen molar-refractivity contribution in [3.8, 4) is 0 Å². The Morgan fingerprint density at radius 3 is 1.03 bits per heavy atom. The number of hydrogen-bond donors (Lipinski definition) is 0. The Balaban J connectivity index is 4.47. The van der Waals surface area contributed by atoms with Crippen LogP contribution in [-0.2, 0) is 28.6 Å². The Hall–Kier alpha value is -3.67. The molecule has 0 rings (SSSR count). The largest absolute Gasteiger partial charge is 0.462 e. The fourth-order valence-electron chi connectivity index (χ4n) is 7.44. The molecule has 0 fully saturated rings. The number of rotatable bonds is 49. The summed E-state index contributed by atoms with van der Waals surface area (Å²) in [5.74, 6) is -0.993. The number of carbonyl (C=O) groups excluding carboxylic acids is 3. The van der Waals surface area contributed by atoms with Gasteiger partial charge in [0.05, 0.1) is 0 Å². The van der Waals surface area contributed by atoms with Gasteiger partial charge in [0.2, 0.25) is 0 Å². The van der Waals surface area contributed by atoms with Crippen LogP contribution >= 0.6 is 0 Å². The van der Waals surface area contributed by atoms with Crippen LogP contribution in [0.3, 0.4) is 0 Å². The molecule has 0 heterocycles. The number of esters is 3. The molecule has 6 heteroatoms. The highest BCUT2D eigenvalue weighted by atomic mass is 16.6. The zero-order valence-corrected chi connectivity index (χ0v) is 43.6. The molecule has 0 aromatic carbocycles. The lowest BCUT2D eigenvalue weighted by Gasteiger charge is -2.18. The number of unbranched alkanes of at least 4 members (excludes halogenated alkanes) is 22. The van der Waals surface area contributed by atoms with Gasteiger partial charge in [-0.2, -0.15) is 0 Å². The molecule has 0 radical (unpaired) electrons. The molecule has 0 spiro atoms. The molecule has 1 atom stereocenters. The van der Waals surface area contributed by atoms with Crippen molar-refractivity contribution in [2.24, 2.45) is 0 Å². The Kier molecular flexibility index (Phi) is 51.9. The molecule has 0 bridgehead atoms. The van der Waals surface area contributed by atoms with Gasteiger partial charge in [0.15, 0.2) is 6.10 Å². The average molecular weight is 931 g/mol. The molecule has 0 saturated carbocycles. The molecule has 0 aromatic rings. The molecule has 6 nitrogen and oxygen atoms in total. The van der Waals surface area contributed by atoms with E-state index < -0.39 is 6.10 Å². The summed E-state index contributed by atoms with van der Waals surface area (Å²) >= 11 is 0. The van der Waals surface area contributed by atoms with Crippen LogP contribution in [0.15, 0.2) is 97.2 Å². The summed E-state index contributed by atoms with van der Waals surface area (Å²) in [6.07, 6.45) is 72.6. The van der Waals surface area contributed by atoms with Gasteiger partial charge >= 0.3 is 17.9 Å². The molecule has 0 amide bonds. The molecular formula is C61H102O6. The third kappa shape index (κ3) is 53.2. The minimum Gasteiger partial charge on any atom is -0.462 e. The van der Waals surface area contributed by atoms with Crippen molar-refractivity contribution in [3.63, 3.8) is 0 Å². The topological polar surface area (TPSA) is 78.9 Å². The van der Waals surface area contributed by atoms with Crippen LogP contribution in [0.25, 0.3) is 0 Å². The zero-order valence-electron chi connectivity index (χ0n) is 43.6. The molecule has 382 valence electrons. The number of carbonyl (C=O) groups is 3. The Morgan fingerprint density at radius 1 is 0.313 bits per heavy atom. The maximum atomic E-state index is 12.8. The van der Waals surface area contributed by atoms with Gasteiger partial charge in [-0.3, -0.25) is 14.4 Å². The molecular weight excluding hydrogens is 829 g/mol. The maximum Gasteiger partial charge on any atom is 0.306 e. The molecule has 0 unspecified atom stereocenters. The Bertz CT molecular complexity index is 1350. The number of hydrogen-bond acceptors (Lipinski definition) is 6. The van der Waals surface area contributed by atoms with Gasteiger partial charge < -0.3 is 14.2 Å². The standard InChI is InChI=1S/C61H102O6/c1-4-7-10-13-16-19-22-24-26-28-30-32-34-36-39-42-45-48-51-54-60(63)66-57-58(56-65-59(62)53-50-47-44-41-38-21-18-15-12-9-6-3)67-61(64)55-52-49-46-43-40-37-35-33-31-29-27-25-23-20-17-14-11-8-5-2/h7,10,16-17,19-20,24-27,30,32,36,39,45,48,58H,4-6,8-9,11-15,18,21-23,28-29,31,33-35,37-38,40-44,46-47,49-57H2,1-3H3/b10-7-,19-16-,20-17-,26-24-,27-25-,32-30-,39-36-,48-45-/t58-/m1/s1. The van der Waals surface area contributed by atoms with E-state index in [1.165, 1.54) is 122 Å². The smallest absolute Gasteiger partial charge is 0.306 e. The van der Waals surface area contributed by atoms with Crippen molar-refractivity contribution in [2.75, 3.05) is 13.2 Å². The van der Waals surface area contributed by atoms with E-state index in [1.54, 1.807) is 0 Å². The molecule has 0 aliphatic heterocycles. The second-order valence-electron chi connectivity index (χ2n) is 18.1. The first-order valence-corrected chi connectivity index (χ1v) is 27.7. The molecule has 0 aliphatic carbocycles. The van der Waals surface area contributed by atoms with Gasteiger partial charge in [0.25, 0.3) is 0 Å². The summed E-state index contributed by atoms with van der Waals surface area (Å²) in [6.45, 7) is 6.43. The second kappa shape index (κ2) is 54.9. The highest BCUT2D eigenvalue weighted by molar-refractivity contribution is 5.71. The minimum atomic E-state index is -0.809. The van der Waals surface area contributed by atoms with Crippen molar-refractivity contribution in [3.05, 3.63) is 97.2 Å². The number of allylic oxidation sites excluding steroid dienone is 16. The van der Waals surface area contributed by atoms with E-state index in [0.29, 0.717) is 19.3 Å². The maximum absolute atomic E-state index is 12.8. The molecule has 67 heavy (non-hydrogen) atoms. The molecule has 0 saturated heterocycles. The fourth-order valence-corrected chi connectivity index (χ4v) is 7.44. The van der Waals surface area contributed by atoms with Gasteiger partial charge in [-0.25, -0.2) is 0 Å². The van der Waals surface area contributed by atoms with Crippen molar-refractivity contribution in [2.45, 2.75) is 258 Å². The monoisotopic (exact) mass is 931 g/mol. The third-order valence-corrected chi connectivity index (χ3v) is 11.6. The van der Waals surface area contributed by atoms with E-state index in [0.717, 1.165) is 83.5 Å². The van der Waals surface area contributed by atoms with E-state index in [9.17, 15) is 14.4 Å². The van der Waals surface area contributed by atoms with Gasteiger partial charge in [-0.15, -0.1) is 0 Å². The third-order valence-electron chi connectivity index (χ3n) is 11.6. The van der Waals surface area contributed by atoms with E-state index in [2.05, 4.69) is 112 Å². The van der Waals surface area contributed by atoms with Gasteiger partial charge in [0, 0.05) is 19.3 Å². The molecule has 0 N–H and O–H groups in total. The fraction of sp³-hybridized carbons (Fsp3) is 0.689. The predicted octanol–water partition coefficient (Wildman–Crippen LogP) is 18.5. The second-order valence-corrected chi connectivity index (χ2v) is 18.1. The normalized spacial score (nSPS) is 12.8. The summed E-state index contributed by atoms with van der Waals surface area (Å²) in [5.41, 5.74) is 0. The summed E-state index contributed by atoms with van der Waals surface area (Å²) in [6, 6.07) is 0. The van der Waals surface area contributed by atoms with Crippen LogP contribution in [-0.4, -0.2) is 37.2 Å². The van der Waals surface area contributed by atoms with E-state index in [1.807, 2.05) is 6.08 Å². The van der Waals surface area contributed by atoms with Crippen LogP contribution in [0.5, 0.6) is 0 Å².